The van der Waals surface area contributed by atoms with Gasteiger partial charge in [0.25, 0.3) is 0 Å². The highest BCUT2D eigenvalue weighted by molar-refractivity contribution is 6.31. The molecule has 1 aromatic heterocycles. The minimum atomic E-state index is -0.426. The van der Waals surface area contributed by atoms with E-state index in [0.29, 0.717) is 0 Å². The molecule has 3 rings (SSSR count). The number of hydrogen-bond donors (Lipinski definition) is 1. The minimum absolute atomic E-state index is 0.0991. The average Bonchev–Trinajstić information content (AvgIpc) is 2.50. The van der Waals surface area contributed by atoms with Crippen molar-refractivity contribution < 1.29 is 4.39 Å². The van der Waals surface area contributed by atoms with Crippen LogP contribution in [0.2, 0.25) is 5.02 Å². The van der Waals surface area contributed by atoms with Crippen molar-refractivity contribution in [3.05, 3.63) is 59.0 Å². The maximum absolute atomic E-state index is 13.3. The maximum atomic E-state index is 13.3. The van der Waals surface area contributed by atoms with Crippen LogP contribution in [0.3, 0.4) is 0 Å². The van der Waals surface area contributed by atoms with Gasteiger partial charge in [0.05, 0.1) is 5.02 Å². The second-order valence-electron chi connectivity index (χ2n) is 5.64. The fourth-order valence-electron chi connectivity index (χ4n) is 2.56. The molecule has 2 aromatic carbocycles. The number of aryl methyl sites for hydroxylation is 1. The van der Waals surface area contributed by atoms with E-state index in [1.165, 1.54) is 6.07 Å². The first-order valence-corrected chi connectivity index (χ1v) is 7.63. The van der Waals surface area contributed by atoms with Gasteiger partial charge < -0.3 is 10.2 Å². The second-order valence-corrected chi connectivity index (χ2v) is 6.04. The molecular formula is C18H17ClFN3. The van der Waals surface area contributed by atoms with E-state index in [0.717, 1.165) is 33.7 Å². The summed E-state index contributed by atoms with van der Waals surface area (Å²) in [6.45, 7) is 1.97. The van der Waals surface area contributed by atoms with Crippen LogP contribution < -0.4 is 10.2 Å². The normalized spacial score (nSPS) is 10.8. The molecule has 1 heterocycles. The van der Waals surface area contributed by atoms with E-state index < -0.39 is 5.82 Å². The fraction of sp³-hybridized carbons (Fsp3) is 0.167. The van der Waals surface area contributed by atoms with Crippen LogP contribution >= 0.6 is 11.6 Å². The van der Waals surface area contributed by atoms with Crippen LogP contribution in [0.15, 0.2) is 42.5 Å². The summed E-state index contributed by atoms with van der Waals surface area (Å²) in [5.74, 6) is 0.492. The van der Waals surface area contributed by atoms with Crippen molar-refractivity contribution in [2.75, 3.05) is 24.3 Å². The molecule has 0 saturated heterocycles. The quantitative estimate of drug-likeness (QED) is 0.720. The summed E-state index contributed by atoms with van der Waals surface area (Å²) in [6, 6.07) is 12.6. The van der Waals surface area contributed by atoms with Crippen molar-refractivity contribution in [3.63, 3.8) is 0 Å². The highest BCUT2D eigenvalue weighted by Gasteiger charge is 2.10. The van der Waals surface area contributed by atoms with Crippen LogP contribution in [0.25, 0.3) is 10.8 Å². The van der Waals surface area contributed by atoms with Crippen LogP contribution in [0.1, 0.15) is 5.69 Å². The summed E-state index contributed by atoms with van der Waals surface area (Å²) in [5.41, 5.74) is 2.61. The van der Waals surface area contributed by atoms with Gasteiger partial charge in [-0.15, -0.1) is 0 Å². The Morgan fingerprint density at radius 3 is 2.57 bits per heavy atom. The molecule has 23 heavy (non-hydrogen) atoms. The Labute approximate surface area is 139 Å². The lowest BCUT2D eigenvalue weighted by molar-refractivity contribution is 0.628. The summed E-state index contributed by atoms with van der Waals surface area (Å²) >= 11 is 5.86. The number of rotatable bonds is 3. The Balaban J connectivity index is 2.12. The first-order valence-electron chi connectivity index (χ1n) is 7.25. The van der Waals surface area contributed by atoms with Crippen LogP contribution in [0.4, 0.5) is 21.6 Å². The Morgan fingerprint density at radius 1 is 1.09 bits per heavy atom. The van der Waals surface area contributed by atoms with Gasteiger partial charge in [-0.1, -0.05) is 23.7 Å². The van der Waals surface area contributed by atoms with Crippen molar-refractivity contribution >= 4 is 39.6 Å². The molecule has 0 bridgehead atoms. The summed E-state index contributed by atoms with van der Waals surface area (Å²) in [4.78, 5) is 6.60. The standard InChI is InChI=1S/C18H17ClFN3/c1-11-9-14-13(18(21-11)23(2)3)5-4-6-17(14)22-12-7-8-16(20)15(19)10-12/h4-10,22H,1-3H3. The van der Waals surface area contributed by atoms with Crippen LogP contribution in [-0.4, -0.2) is 19.1 Å². The average molecular weight is 330 g/mol. The molecule has 0 aliphatic rings. The van der Waals surface area contributed by atoms with E-state index in [4.69, 9.17) is 11.6 Å². The molecule has 5 heteroatoms. The fourth-order valence-corrected chi connectivity index (χ4v) is 2.74. The molecular weight excluding hydrogens is 313 g/mol. The predicted molar refractivity (Wildman–Crippen MR) is 95.5 cm³/mol. The zero-order valence-electron chi connectivity index (χ0n) is 13.2. The number of benzene rings is 2. The number of fused-ring (bicyclic) bond motifs is 1. The molecule has 1 N–H and O–H groups in total. The van der Waals surface area contributed by atoms with Crippen molar-refractivity contribution in [1.82, 2.24) is 4.98 Å². The van der Waals surface area contributed by atoms with Gasteiger partial charge in [-0.2, -0.15) is 0 Å². The zero-order chi connectivity index (χ0) is 16.6. The van der Waals surface area contributed by atoms with Gasteiger partial charge in [-0.3, -0.25) is 0 Å². The van der Waals surface area contributed by atoms with Gasteiger partial charge in [-0.25, -0.2) is 9.37 Å². The number of hydrogen-bond acceptors (Lipinski definition) is 3. The Kier molecular flexibility index (Phi) is 4.09. The molecule has 0 fully saturated rings. The van der Waals surface area contributed by atoms with Crippen LogP contribution in [0.5, 0.6) is 0 Å². The number of pyridine rings is 1. The van der Waals surface area contributed by atoms with E-state index in [2.05, 4.69) is 10.3 Å². The number of nitrogens with zero attached hydrogens (tertiary/aromatic N) is 2. The molecule has 3 aromatic rings. The van der Waals surface area contributed by atoms with Crippen molar-refractivity contribution in [3.8, 4) is 0 Å². The molecule has 0 amide bonds. The smallest absolute Gasteiger partial charge is 0.141 e. The van der Waals surface area contributed by atoms with Crippen LogP contribution in [-0.2, 0) is 0 Å². The molecule has 0 aliphatic carbocycles. The third-order valence-electron chi connectivity index (χ3n) is 3.60. The maximum Gasteiger partial charge on any atom is 0.141 e. The molecule has 0 spiro atoms. The SMILES string of the molecule is Cc1cc2c(Nc3ccc(F)c(Cl)c3)cccc2c(N(C)C)n1. The van der Waals surface area contributed by atoms with E-state index in [-0.39, 0.29) is 5.02 Å². The summed E-state index contributed by atoms with van der Waals surface area (Å²) in [7, 11) is 3.95. The topological polar surface area (TPSA) is 28.2 Å². The monoisotopic (exact) mass is 329 g/mol. The molecule has 0 radical (unpaired) electrons. The lowest BCUT2D eigenvalue weighted by Crippen LogP contribution is -2.11. The van der Waals surface area contributed by atoms with Gasteiger partial charge in [0.2, 0.25) is 0 Å². The lowest BCUT2D eigenvalue weighted by atomic mass is 10.1. The predicted octanol–water partition coefficient (Wildman–Crippen LogP) is 5.15. The third-order valence-corrected chi connectivity index (χ3v) is 3.89. The largest absolute Gasteiger partial charge is 0.362 e. The summed E-state index contributed by atoms with van der Waals surface area (Å²) in [5, 5.41) is 5.52. The zero-order valence-corrected chi connectivity index (χ0v) is 13.9. The molecule has 3 nitrogen and oxygen atoms in total. The van der Waals surface area contributed by atoms with E-state index >= 15 is 0 Å². The molecule has 118 valence electrons. The van der Waals surface area contributed by atoms with Crippen LogP contribution in [0, 0.1) is 12.7 Å². The highest BCUT2D eigenvalue weighted by Crippen LogP contribution is 2.32. The van der Waals surface area contributed by atoms with Gasteiger partial charge >= 0.3 is 0 Å². The van der Waals surface area contributed by atoms with E-state index in [1.54, 1.807) is 12.1 Å². The molecule has 0 unspecified atom stereocenters. The third kappa shape index (κ3) is 3.08. The van der Waals surface area contributed by atoms with Crippen molar-refractivity contribution in [2.45, 2.75) is 6.92 Å². The number of halogens is 2. The molecule has 0 atom stereocenters. The summed E-state index contributed by atoms with van der Waals surface area (Å²) in [6.07, 6.45) is 0. The number of nitrogens with one attached hydrogen (secondary N) is 1. The number of anilines is 3. The first kappa shape index (κ1) is 15.6. The van der Waals surface area contributed by atoms with Crippen molar-refractivity contribution in [2.24, 2.45) is 0 Å². The minimum Gasteiger partial charge on any atom is -0.362 e. The summed E-state index contributed by atoms with van der Waals surface area (Å²) < 4.78 is 13.3. The number of aromatic nitrogens is 1. The van der Waals surface area contributed by atoms with Gasteiger partial charge in [0.15, 0.2) is 0 Å². The highest BCUT2D eigenvalue weighted by atomic mass is 35.5. The Bertz CT molecular complexity index is 878. The van der Waals surface area contributed by atoms with E-state index in [9.17, 15) is 4.39 Å². The first-order chi connectivity index (χ1) is 11.0. The van der Waals surface area contributed by atoms with Gasteiger partial charge in [0.1, 0.15) is 11.6 Å². The Morgan fingerprint density at radius 2 is 1.87 bits per heavy atom. The van der Waals surface area contributed by atoms with Gasteiger partial charge in [-0.05, 0) is 37.3 Å². The lowest BCUT2D eigenvalue weighted by Gasteiger charge is -2.17. The van der Waals surface area contributed by atoms with E-state index in [1.807, 2.05) is 50.2 Å². The second kappa shape index (κ2) is 6.05. The molecule has 0 aliphatic heterocycles. The Hall–Kier alpha value is -2.33. The van der Waals surface area contributed by atoms with Gasteiger partial charge in [0, 0.05) is 41.9 Å². The van der Waals surface area contributed by atoms with Crippen molar-refractivity contribution in [1.29, 1.82) is 0 Å². The molecule has 0 saturated carbocycles.